The maximum absolute atomic E-state index is 12.2. The van der Waals surface area contributed by atoms with Crippen molar-refractivity contribution in [2.75, 3.05) is 11.1 Å². The molecular weight excluding hydrogens is 380 g/mol. The van der Waals surface area contributed by atoms with Gasteiger partial charge >= 0.3 is 0 Å². The normalized spacial score (nSPS) is 10.9. The molecule has 0 radical (unpaired) electrons. The highest BCUT2D eigenvalue weighted by Crippen LogP contribution is 2.22. The molecule has 3 rings (SSSR count). The zero-order valence-corrected chi connectivity index (χ0v) is 17.2. The van der Waals surface area contributed by atoms with Crippen molar-refractivity contribution < 1.29 is 4.79 Å². The summed E-state index contributed by atoms with van der Waals surface area (Å²) in [6.45, 7) is 6.28. The molecule has 3 aromatic rings. The molecule has 2 aromatic heterocycles. The van der Waals surface area contributed by atoms with Crippen LogP contribution in [0.4, 0.5) is 5.13 Å². The first kappa shape index (κ1) is 19.5. The average molecular weight is 403 g/mol. The maximum Gasteiger partial charge on any atom is 0.236 e. The van der Waals surface area contributed by atoms with Crippen molar-refractivity contribution in [1.82, 2.24) is 25.0 Å². The van der Waals surface area contributed by atoms with Crippen LogP contribution in [0.3, 0.4) is 0 Å². The summed E-state index contributed by atoms with van der Waals surface area (Å²) < 4.78 is 1.89. The number of hydrogen-bond acceptors (Lipinski definition) is 7. The largest absolute Gasteiger partial charge is 0.300 e. The van der Waals surface area contributed by atoms with E-state index >= 15 is 0 Å². The van der Waals surface area contributed by atoms with Gasteiger partial charge in [0.05, 0.1) is 5.75 Å². The van der Waals surface area contributed by atoms with Crippen molar-refractivity contribution in [1.29, 1.82) is 0 Å². The van der Waals surface area contributed by atoms with Gasteiger partial charge in [0.25, 0.3) is 0 Å². The minimum absolute atomic E-state index is 0.132. The molecule has 0 saturated heterocycles. The summed E-state index contributed by atoms with van der Waals surface area (Å²) in [6.07, 6.45) is 4.75. The van der Waals surface area contributed by atoms with Crippen LogP contribution in [0.25, 0.3) is 5.69 Å². The molecule has 7 nitrogen and oxygen atoms in total. The molecule has 1 N–H and O–H groups in total. The Bertz CT molecular complexity index is 920. The van der Waals surface area contributed by atoms with E-state index in [1.807, 2.05) is 10.6 Å². The van der Waals surface area contributed by atoms with Crippen LogP contribution in [0.5, 0.6) is 0 Å². The first-order valence-corrected chi connectivity index (χ1v) is 10.6. The number of nitrogens with zero attached hydrogens (tertiary/aromatic N) is 5. The second-order valence-corrected chi connectivity index (χ2v) is 8.20. The molecule has 0 aliphatic heterocycles. The molecule has 1 amide bonds. The quantitative estimate of drug-likeness (QED) is 0.577. The fraction of sp³-hybridized carbons (Fsp3) is 0.389. The third kappa shape index (κ3) is 5.14. The first-order chi connectivity index (χ1) is 13.1. The van der Waals surface area contributed by atoms with Gasteiger partial charge in [0.2, 0.25) is 11.0 Å². The van der Waals surface area contributed by atoms with Gasteiger partial charge in [-0.05, 0) is 43.5 Å². The highest BCUT2D eigenvalue weighted by molar-refractivity contribution is 7.99. The Balaban J connectivity index is 1.59. The number of carbonyl (C=O) groups is 1. The van der Waals surface area contributed by atoms with E-state index in [2.05, 4.69) is 58.6 Å². The molecule has 0 fully saturated rings. The van der Waals surface area contributed by atoms with Crippen molar-refractivity contribution in [2.24, 2.45) is 0 Å². The van der Waals surface area contributed by atoms with E-state index in [0.717, 1.165) is 30.0 Å². The van der Waals surface area contributed by atoms with Crippen molar-refractivity contribution in [2.45, 2.75) is 45.2 Å². The van der Waals surface area contributed by atoms with Crippen LogP contribution in [0.2, 0.25) is 0 Å². The molecule has 0 spiro atoms. The smallest absolute Gasteiger partial charge is 0.236 e. The summed E-state index contributed by atoms with van der Waals surface area (Å²) in [5.74, 6) is 0.0979. The van der Waals surface area contributed by atoms with Gasteiger partial charge in [-0.2, -0.15) is 0 Å². The van der Waals surface area contributed by atoms with Gasteiger partial charge in [0, 0.05) is 12.1 Å². The number of carbonyl (C=O) groups excluding carboxylic acids is 1. The van der Waals surface area contributed by atoms with Gasteiger partial charge in [-0.25, -0.2) is 0 Å². The minimum atomic E-state index is -0.132. The van der Waals surface area contributed by atoms with Gasteiger partial charge in [-0.1, -0.05) is 42.5 Å². The van der Waals surface area contributed by atoms with E-state index in [0.29, 0.717) is 10.3 Å². The van der Waals surface area contributed by atoms with Crippen LogP contribution >= 0.6 is 23.1 Å². The van der Waals surface area contributed by atoms with Gasteiger partial charge in [0.15, 0.2) is 5.16 Å². The second-order valence-electron chi connectivity index (χ2n) is 6.19. The van der Waals surface area contributed by atoms with Crippen LogP contribution in [-0.4, -0.2) is 36.6 Å². The lowest BCUT2D eigenvalue weighted by atomic mass is 10.1. The van der Waals surface area contributed by atoms with Crippen molar-refractivity contribution in [3.8, 4) is 5.69 Å². The number of aromatic nitrogens is 5. The topological polar surface area (TPSA) is 85.6 Å². The Hall–Kier alpha value is -2.26. The van der Waals surface area contributed by atoms with E-state index < -0.39 is 0 Å². The number of nitrogens with one attached hydrogen (secondary N) is 1. The fourth-order valence-corrected chi connectivity index (χ4v) is 3.92. The number of aryl methyl sites for hydroxylation is 3. The van der Waals surface area contributed by atoms with Crippen LogP contribution in [-0.2, 0) is 11.2 Å². The third-order valence-electron chi connectivity index (χ3n) is 4.07. The zero-order valence-electron chi connectivity index (χ0n) is 15.6. The first-order valence-electron chi connectivity index (χ1n) is 8.79. The summed E-state index contributed by atoms with van der Waals surface area (Å²) in [5, 5.41) is 21.2. The molecular formula is C18H22N6OS2. The molecule has 0 saturated carbocycles. The van der Waals surface area contributed by atoms with E-state index in [-0.39, 0.29) is 11.7 Å². The van der Waals surface area contributed by atoms with E-state index in [1.165, 1.54) is 34.2 Å². The Kier molecular flexibility index (Phi) is 6.57. The molecule has 0 atom stereocenters. The monoisotopic (exact) mass is 402 g/mol. The zero-order chi connectivity index (χ0) is 19.2. The van der Waals surface area contributed by atoms with E-state index in [1.54, 1.807) is 6.33 Å². The number of rotatable bonds is 8. The SMILES string of the molecule is CCCCc1nnc(NC(=O)CSc2nncn2-c2ccc(C)c(C)c2)s1. The maximum atomic E-state index is 12.2. The van der Waals surface area contributed by atoms with Gasteiger partial charge < -0.3 is 0 Å². The van der Waals surface area contributed by atoms with Crippen LogP contribution in [0, 0.1) is 13.8 Å². The van der Waals surface area contributed by atoms with E-state index in [4.69, 9.17) is 0 Å². The summed E-state index contributed by atoms with van der Waals surface area (Å²) in [6, 6.07) is 6.17. The lowest BCUT2D eigenvalue weighted by molar-refractivity contribution is -0.113. The lowest BCUT2D eigenvalue weighted by Crippen LogP contribution is -2.14. The number of benzene rings is 1. The third-order valence-corrected chi connectivity index (χ3v) is 5.92. The molecule has 142 valence electrons. The number of amides is 1. The lowest BCUT2D eigenvalue weighted by Gasteiger charge is -2.08. The molecule has 0 bridgehead atoms. The van der Waals surface area contributed by atoms with Crippen molar-refractivity contribution >= 4 is 34.1 Å². The second kappa shape index (κ2) is 9.09. The molecule has 9 heteroatoms. The number of anilines is 1. The molecule has 2 heterocycles. The van der Waals surface area contributed by atoms with Gasteiger partial charge in [-0.3, -0.25) is 14.7 Å². The van der Waals surface area contributed by atoms with Crippen molar-refractivity contribution in [3.63, 3.8) is 0 Å². The predicted molar refractivity (Wildman–Crippen MR) is 109 cm³/mol. The fourth-order valence-electron chi connectivity index (χ4n) is 2.39. The van der Waals surface area contributed by atoms with Crippen LogP contribution < -0.4 is 5.32 Å². The standard InChI is InChI=1S/C18H22N6OS2/c1-4-5-6-16-21-22-17(27-16)20-15(25)10-26-18-23-19-11-24(18)14-8-7-12(2)13(3)9-14/h7-9,11H,4-6,10H2,1-3H3,(H,20,22,25). The number of thioether (sulfide) groups is 1. The molecule has 0 aliphatic rings. The highest BCUT2D eigenvalue weighted by atomic mass is 32.2. The minimum Gasteiger partial charge on any atom is -0.300 e. The Labute approximate surface area is 166 Å². The van der Waals surface area contributed by atoms with Crippen LogP contribution in [0.15, 0.2) is 29.7 Å². The molecule has 0 aliphatic carbocycles. The summed E-state index contributed by atoms with van der Waals surface area (Å²) in [5.41, 5.74) is 3.41. The van der Waals surface area contributed by atoms with Gasteiger partial charge in [-0.15, -0.1) is 20.4 Å². The predicted octanol–water partition coefficient (Wildman–Crippen LogP) is 3.81. The molecule has 0 unspecified atom stereocenters. The Morgan fingerprint density at radius 1 is 1.22 bits per heavy atom. The van der Waals surface area contributed by atoms with Crippen molar-refractivity contribution in [3.05, 3.63) is 40.7 Å². The average Bonchev–Trinajstić information content (AvgIpc) is 3.30. The summed E-state index contributed by atoms with van der Waals surface area (Å²) in [7, 11) is 0. The van der Waals surface area contributed by atoms with Crippen LogP contribution in [0.1, 0.15) is 35.9 Å². The Morgan fingerprint density at radius 2 is 2.07 bits per heavy atom. The Morgan fingerprint density at radius 3 is 2.85 bits per heavy atom. The van der Waals surface area contributed by atoms with E-state index in [9.17, 15) is 4.79 Å². The molecule has 27 heavy (non-hydrogen) atoms. The van der Waals surface area contributed by atoms with Gasteiger partial charge in [0.1, 0.15) is 11.3 Å². The summed E-state index contributed by atoms with van der Waals surface area (Å²) in [4.78, 5) is 12.2. The number of unbranched alkanes of at least 4 members (excludes halogenated alkanes) is 1. The molecule has 1 aromatic carbocycles. The summed E-state index contributed by atoms with van der Waals surface area (Å²) >= 11 is 2.77. The highest BCUT2D eigenvalue weighted by Gasteiger charge is 2.12. The number of hydrogen-bond donors (Lipinski definition) is 1.